The Morgan fingerprint density at radius 1 is 1.00 bits per heavy atom. The summed E-state index contributed by atoms with van der Waals surface area (Å²) in [5.74, 6) is -0.667. The molecule has 9 heteroatoms. The van der Waals surface area contributed by atoms with Crippen molar-refractivity contribution >= 4 is 55.4 Å². The van der Waals surface area contributed by atoms with E-state index in [4.69, 9.17) is 23.2 Å². The van der Waals surface area contributed by atoms with Crippen molar-refractivity contribution < 1.29 is 13.2 Å². The zero-order valence-electron chi connectivity index (χ0n) is 14.9. The van der Waals surface area contributed by atoms with Crippen molar-refractivity contribution in [3.8, 4) is 11.3 Å². The van der Waals surface area contributed by atoms with Crippen LogP contribution < -0.4 is 5.32 Å². The maximum atomic E-state index is 12.9. The predicted molar refractivity (Wildman–Crippen MR) is 114 cm³/mol. The maximum Gasteiger partial charge on any atom is 0.247 e. The van der Waals surface area contributed by atoms with Gasteiger partial charge in [-0.25, -0.2) is 13.4 Å². The van der Waals surface area contributed by atoms with Gasteiger partial charge in [-0.3, -0.25) is 4.79 Å². The van der Waals surface area contributed by atoms with E-state index in [0.29, 0.717) is 20.9 Å². The van der Waals surface area contributed by atoms with E-state index >= 15 is 0 Å². The first-order chi connectivity index (χ1) is 13.1. The van der Waals surface area contributed by atoms with Gasteiger partial charge in [-0.05, 0) is 50.2 Å². The molecule has 0 atom stereocenters. The molecule has 0 bridgehead atoms. The van der Waals surface area contributed by atoms with Crippen LogP contribution in [0.25, 0.3) is 11.3 Å². The normalized spacial score (nSPS) is 12.0. The maximum absolute atomic E-state index is 12.9. The summed E-state index contributed by atoms with van der Waals surface area (Å²) < 4.78 is 24.1. The Morgan fingerprint density at radius 2 is 1.54 bits per heavy atom. The van der Waals surface area contributed by atoms with Crippen LogP contribution in [0.2, 0.25) is 10.0 Å². The SMILES string of the molecule is CC(C)(C(=O)Nc1nc(-c2ccc(Cl)cc2)cs1)S(=O)(=O)c1ccc(Cl)cc1. The minimum absolute atomic E-state index is 0.0260. The van der Waals surface area contributed by atoms with Gasteiger partial charge in [-0.2, -0.15) is 0 Å². The second kappa shape index (κ2) is 7.83. The van der Waals surface area contributed by atoms with Crippen LogP contribution in [0.1, 0.15) is 13.8 Å². The molecular weight excluding hydrogens is 439 g/mol. The fourth-order valence-corrected chi connectivity index (χ4v) is 4.71. The lowest BCUT2D eigenvalue weighted by Gasteiger charge is -2.23. The van der Waals surface area contributed by atoms with Crippen molar-refractivity contribution in [1.29, 1.82) is 0 Å². The Labute approximate surface area is 177 Å². The number of carbonyl (C=O) groups is 1. The number of nitrogens with one attached hydrogen (secondary N) is 1. The van der Waals surface area contributed by atoms with E-state index in [9.17, 15) is 13.2 Å². The molecule has 3 rings (SSSR count). The fraction of sp³-hybridized carbons (Fsp3) is 0.158. The second-order valence-electron chi connectivity index (χ2n) is 6.47. The summed E-state index contributed by atoms with van der Waals surface area (Å²) in [7, 11) is -3.93. The number of amides is 1. The number of halogens is 2. The van der Waals surface area contributed by atoms with Crippen LogP contribution in [0.4, 0.5) is 5.13 Å². The van der Waals surface area contributed by atoms with Gasteiger partial charge in [0.15, 0.2) is 15.0 Å². The van der Waals surface area contributed by atoms with Gasteiger partial charge in [0.25, 0.3) is 0 Å². The zero-order valence-corrected chi connectivity index (χ0v) is 18.1. The molecular formula is C19H16Cl2N2O3S2. The molecule has 28 heavy (non-hydrogen) atoms. The first-order valence-corrected chi connectivity index (χ1v) is 11.3. The predicted octanol–water partition coefficient (Wildman–Crippen LogP) is 5.31. The summed E-state index contributed by atoms with van der Waals surface area (Å²) in [4.78, 5) is 17.1. The van der Waals surface area contributed by atoms with Crippen LogP contribution in [-0.2, 0) is 14.6 Å². The zero-order chi connectivity index (χ0) is 20.5. The van der Waals surface area contributed by atoms with Crippen LogP contribution in [0.15, 0.2) is 58.8 Å². The molecule has 0 unspecified atom stereocenters. The van der Waals surface area contributed by atoms with Gasteiger partial charge < -0.3 is 5.32 Å². The van der Waals surface area contributed by atoms with E-state index in [1.165, 1.54) is 49.4 Å². The molecule has 1 N–H and O–H groups in total. The number of rotatable bonds is 5. The summed E-state index contributed by atoms with van der Waals surface area (Å²) in [5, 5.41) is 5.73. The molecule has 1 amide bonds. The Bertz CT molecular complexity index is 1110. The van der Waals surface area contributed by atoms with Gasteiger partial charge in [0.1, 0.15) is 4.75 Å². The molecule has 0 aliphatic heterocycles. The molecule has 5 nitrogen and oxygen atoms in total. The van der Waals surface area contributed by atoms with Crippen LogP contribution in [0.3, 0.4) is 0 Å². The molecule has 2 aromatic carbocycles. The van der Waals surface area contributed by atoms with E-state index < -0.39 is 20.5 Å². The summed E-state index contributed by atoms with van der Waals surface area (Å²) >= 11 is 12.9. The summed E-state index contributed by atoms with van der Waals surface area (Å²) in [6, 6.07) is 12.8. The van der Waals surface area contributed by atoms with Crippen LogP contribution in [-0.4, -0.2) is 24.1 Å². The molecule has 146 valence electrons. The number of hydrogen-bond donors (Lipinski definition) is 1. The third-order valence-electron chi connectivity index (χ3n) is 4.21. The molecule has 0 saturated heterocycles. The average molecular weight is 455 g/mol. The monoisotopic (exact) mass is 454 g/mol. The molecule has 0 aliphatic rings. The van der Waals surface area contributed by atoms with Crippen molar-refractivity contribution in [2.24, 2.45) is 0 Å². The topological polar surface area (TPSA) is 76.1 Å². The van der Waals surface area contributed by atoms with Gasteiger partial charge in [-0.15, -0.1) is 11.3 Å². The van der Waals surface area contributed by atoms with Gasteiger partial charge in [-0.1, -0.05) is 35.3 Å². The lowest BCUT2D eigenvalue weighted by Crippen LogP contribution is -2.44. The number of sulfone groups is 1. The molecule has 0 spiro atoms. The fourth-order valence-electron chi connectivity index (χ4n) is 2.36. The number of hydrogen-bond acceptors (Lipinski definition) is 5. The highest BCUT2D eigenvalue weighted by Gasteiger charge is 2.43. The van der Waals surface area contributed by atoms with Crippen molar-refractivity contribution in [1.82, 2.24) is 4.98 Å². The molecule has 0 fully saturated rings. The highest BCUT2D eigenvalue weighted by atomic mass is 35.5. The smallest absolute Gasteiger partial charge is 0.247 e. The Balaban J connectivity index is 1.82. The number of benzene rings is 2. The second-order valence-corrected chi connectivity index (χ2v) is 10.7. The van der Waals surface area contributed by atoms with Crippen molar-refractivity contribution in [2.75, 3.05) is 5.32 Å². The van der Waals surface area contributed by atoms with E-state index in [-0.39, 0.29) is 4.90 Å². The number of nitrogens with zero attached hydrogens (tertiary/aromatic N) is 1. The van der Waals surface area contributed by atoms with Crippen molar-refractivity contribution in [3.63, 3.8) is 0 Å². The number of aromatic nitrogens is 1. The highest BCUT2D eigenvalue weighted by Crippen LogP contribution is 2.30. The first-order valence-electron chi connectivity index (χ1n) is 8.14. The van der Waals surface area contributed by atoms with Crippen LogP contribution in [0, 0.1) is 0 Å². The number of thiazole rings is 1. The first kappa shape index (κ1) is 20.8. The molecule has 0 aliphatic carbocycles. The van der Waals surface area contributed by atoms with Gasteiger partial charge in [0, 0.05) is 21.0 Å². The van der Waals surface area contributed by atoms with Crippen LogP contribution in [0.5, 0.6) is 0 Å². The highest BCUT2D eigenvalue weighted by molar-refractivity contribution is 7.93. The third-order valence-corrected chi connectivity index (χ3v) is 7.89. The Morgan fingerprint density at radius 3 is 2.11 bits per heavy atom. The van der Waals surface area contributed by atoms with Gasteiger partial charge >= 0.3 is 0 Å². The Kier molecular flexibility index (Phi) is 5.82. The minimum atomic E-state index is -3.93. The summed E-state index contributed by atoms with van der Waals surface area (Å²) in [6.45, 7) is 2.72. The summed E-state index contributed by atoms with van der Waals surface area (Å²) in [5.41, 5.74) is 1.50. The van der Waals surface area contributed by atoms with Crippen LogP contribution >= 0.6 is 34.5 Å². The average Bonchev–Trinajstić information content (AvgIpc) is 3.11. The van der Waals surface area contributed by atoms with E-state index in [1.54, 1.807) is 17.5 Å². The van der Waals surface area contributed by atoms with Gasteiger partial charge in [0.05, 0.1) is 10.6 Å². The summed E-state index contributed by atoms with van der Waals surface area (Å²) in [6.07, 6.45) is 0. The lowest BCUT2D eigenvalue weighted by molar-refractivity contribution is -0.117. The van der Waals surface area contributed by atoms with Crippen molar-refractivity contribution in [3.05, 3.63) is 64.0 Å². The van der Waals surface area contributed by atoms with Gasteiger partial charge in [0.2, 0.25) is 5.91 Å². The van der Waals surface area contributed by atoms with E-state index in [0.717, 1.165) is 5.56 Å². The Hall–Kier alpha value is -1.93. The van der Waals surface area contributed by atoms with Crippen molar-refractivity contribution in [2.45, 2.75) is 23.5 Å². The standard InChI is InChI=1S/C19H16Cl2N2O3S2/c1-19(2,28(25,26)15-9-7-14(21)8-10-15)17(24)23-18-22-16(11-27-18)12-3-5-13(20)6-4-12/h3-11H,1-2H3,(H,22,23,24). The lowest BCUT2D eigenvalue weighted by atomic mass is 10.2. The minimum Gasteiger partial charge on any atom is -0.301 e. The number of anilines is 1. The third kappa shape index (κ3) is 4.07. The quantitative estimate of drug-likeness (QED) is 0.566. The number of carbonyl (C=O) groups excluding carboxylic acids is 1. The van der Waals surface area contributed by atoms with E-state index in [2.05, 4.69) is 10.3 Å². The molecule has 1 heterocycles. The van der Waals surface area contributed by atoms with E-state index in [1.807, 2.05) is 12.1 Å². The largest absolute Gasteiger partial charge is 0.301 e. The molecule has 0 radical (unpaired) electrons. The molecule has 0 saturated carbocycles. The molecule has 3 aromatic rings. The molecule has 1 aromatic heterocycles.